The Kier molecular flexibility index (Phi) is 3.94. The maximum atomic E-state index is 12.3. The molecule has 1 unspecified atom stereocenters. The van der Waals surface area contributed by atoms with Gasteiger partial charge in [-0.25, -0.2) is 9.97 Å². The van der Waals surface area contributed by atoms with Crippen LogP contribution in [0.1, 0.15) is 5.56 Å². The maximum Gasteiger partial charge on any atom is 0.232 e. The fourth-order valence-electron chi connectivity index (χ4n) is 2.18. The van der Waals surface area contributed by atoms with Crippen LogP contribution in [0.25, 0.3) is 0 Å². The topological polar surface area (TPSA) is 64.1 Å². The Morgan fingerprint density at radius 3 is 2.90 bits per heavy atom. The molecule has 3 rings (SSSR count). The first-order valence-corrected chi connectivity index (χ1v) is 7.09. The molecule has 108 valence electrons. The standard InChI is InChI=1S/C14H11Cl2N3O2/c15-11-6-12(19-14(16)17-11)18-13(20)9-5-8-3-1-2-4-10(8)21-7-9/h1-4,6,9H,5,7H2,(H,17,18,19,20). The molecule has 21 heavy (non-hydrogen) atoms. The monoisotopic (exact) mass is 323 g/mol. The van der Waals surface area contributed by atoms with Crippen LogP contribution in [0.15, 0.2) is 30.3 Å². The van der Waals surface area contributed by atoms with E-state index in [4.69, 9.17) is 27.9 Å². The van der Waals surface area contributed by atoms with Gasteiger partial charge in [-0.1, -0.05) is 29.8 Å². The Morgan fingerprint density at radius 2 is 2.10 bits per heavy atom. The summed E-state index contributed by atoms with van der Waals surface area (Å²) in [5.74, 6) is 0.640. The molecule has 0 aliphatic carbocycles. The van der Waals surface area contributed by atoms with Crippen molar-refractivity contribution in [3.05, 3.63) is 46.3 Å². The van der Waals surface area contributed by atoms with Gasteiger partial charge in [0, 0.05) is 6.07 Å². The van der Waals surface area contributed by atoms with Gasteiger partial charge in [-0.2, -0.15) is 0 Å². The number of carbonyl (C=O) groups is 1. The van der Waals surface area contributed by atoms with E-state index in [1.807, 2.05) is 24.3 Å². The molecule has 1 aliphatic heterocycles. The van der Waals surface area contributed by atoms with E-state index in [-0.39, 0.29) is 28.1 Å². The normalized spacial score (nSPS) is 16.8. The van der Waals surface area contributed by atoms with E-state index < -0.39 is 0 Å². The number of aromatic nitrogens is 2. The molecule has 0 radical (unpaired) electrons. The first kappa shape index (κ1) is 14.1. The summed E-state index contributed by atoms with van der Waals surface area (Å²) in [4.78, 5) is 19.9. The summed E-state index contributed by atoms with van der Waals surface area (Å²) in [6.07, 6.45) is 0.620. The summed E-state index contributed by atoms with van der Waals surface area (Å²) in [7, 11) is 0. The average Bonchev–Trinajstić information content (AvgIpc) is 2.45. The minimum absolute atomic E-state index is 0.0111. The SMILES string of the molecule is O=C(Nc1cc(Cl)nc(Cl)n1)C1COc2ccccc2C1. The Labute approximate surface area is 131 Å². The van der Waals surface area contributed by atoms with Crippen molar-refractivity contribution in [3.63, 3.8) is 0 Å². The number of ether oxygens (including phenoxy) is 1. The smallest absolute Gasteiger partial charge is 0.232 e. The molecular weight excluding hydrogens is 313 g/mol. The number of halogens is 2. The van der Waals surface area contributed by atoms with Gasteiger partial charge >= 0.3 is 0 Å². The molecule has 1 aromatic carbocycles. The molecule has 0 saturated heterocycles. The van der Waals surface area contributed by atoms with E-state index in [0.717, 1.165) is 11.3 Å². The van der Waals surface area contributed by atoms with Gasteiger partial charge in [-0.05, 0) is 29.7 Å². The molecule has 0 saturated carbocycles. The van der Waals surface area contributed by atoms with Gasteiger partial charge in [0.1, 0.15) is 23.3 Å². The molecule has 1 aliphatic rings. The lowest BCUT2D eigenvalue weighted by molar-refractivity contribution is -0.121. The number of nitrogens with one attached hydrogen (secondary N) is 1. The highest BCUT2D eigenvalue weighted by molar-refractivity contribution is 6.32. The van der Waals surface area contributed by atoms with E-state index in [1.165, 1.54) is 6.07 Å². The maximum absolute atomic E-state index is 12.3. The second kappa shape index (κ2) is 5.87. The van der Waals surface area contributed by atoms with Crippen molar-refractivity contribution in [2.75, 3.05) is 11.9 Å². The lowest BCUT2D eigenvalue weighted by Crippen LogP contribution is -2.32. The fourth-order valence-corrected chi connectivity index (χ4v) is 2.59. The lowest BCUT2D eigenvalue weighted by Gasteiger charge is -2.24. The number of fused-ring (bicyclic) bond motifs is 1. The molecular formula is C14H11Cl2N3O2. The first-order chi connectivity index (χ1) is 10.1. The fraction of sp³-hybridized carbons (Fsp3) is 0.214. The van der Waals surface area contributed by atoms with Crippen molar-refractivity contribution in [1.82, 2.24) is 9.97 Å². The van der Waals surface area contributed by atoms with Crippen LogP contribution in [0.3, 0.4) is 0 Å². The van der Waals surface area contributed by atoms with Crippen LogP contribution < -0.4 is 10.1 Å². The van der Waals surface area contributed by atoms with Crippen LogP contribution in [-0.4, -0.2) is 22.5 Å². The summed E-state index contributed by atoms with van der Waals surface area (Å²) >= 11 is 11.5. The average molecular weight is 324 g/mol. The number of nitrogens with zero attached hydrogens (tertiary/aromatic N) is 2. The van der Waals surface area contributed by atoms with E-state index in [0.29, 0.717) is 13.0 Å². The minimum Gasteiger partial charge on any atom is -0.492 e. The van der Waals surface area contributed by atoms with Crippen molar-refractivity contribution >= 4 is 34.9 Å². The number of carbonyl (C=O) groups excluding carboxylic acids is 1. The number of anilines is 1. The molecule has 2 aromatic rings. The van der Waals surface area contributed by atoms with Crippen LogP contribution in [0.2, 0.25) is 10.4 Å². The van der Waals surface area contributed by atoms with Crippen molar-refractivity contribution in [1.29, 1.82) is 0 Å². The zero-order valence-corrected chi connectivity index (χ0v) is 12.4. The van der Waals surface area contributed by atoms with Gasteiger partial charge in [-0.3, -0.25) is 4.79 Å². The van der Waals surface area contributed by atoms with Crippen LogP contribution in [0.5, 0.6) is 5.75 Å². The third-order valence-corrected chi connectivity index (χ3v) is 3.53. The van der Waals surface area contributed by atoms with Gasteiger partial charge in [-0.15, -0.1) is 0 Å². The molecule has 1 amide bonds. The number of hydrogen-bond acceptors (Lipinski definition) is 4. The number of rotatable bonds is 2. The van der Waals surface area contributed by atoms with E-state index in [1.54, 1.807) is 0 Å². The van der Waals surface area contributed by atoms with Crippen LogP contribution in [0.4, 0.5) is 5.82 Å². The van der Waals surface area contributed by atoms with Crippen LogP contribution >= 0.6 is 23.2 Å². The number of amides is 1. The first-order valence-electron chi connectivity index (χ1n) is 6.33. The number of hydrogen-bond donors (Lipinski definition) is 1. The Hall–Kier alpha value is -1.85. The molecule has 2 heterocycles. The zero-order chi connectivity index (χ0) is 14.8. The predicted octanol–water partition coefficient (Wildman–Crippen LogP) is 2.97. The second-order valence-electron chi connectivity index (χ2n) is 4.65. The van der Waals surface area contributed by atoms with E-state index >= 15 is 0 Å². The van der Waals surface area contributed by atoms with Gasteiger partial charge < -0.3 is 10.1 Å². The Bertz CT molecular complexity index is 673. The van der Waals surface area contributed by atoms with Gasteiger partial charge in [0.25, 0.3) is 0 Å². The highest BCUT2D eigenvalue weighted by Crippen LogP contribution is 2.27. The van der Waals surface area contributed by atoms with Crippen molar-refractivity contribution in [2.24, 2.45) is 5.92 Å². The lowest BCUT2D eigenvalue weighted by atomic mass is 9.96. The van der Waals surface area contributed by atoms with Gasteiger partial charge in [0.05, 0.1) is 5.92 Å². The van der Waals surface area contributed by atoms with Crippen LogP contribution in [-0.2, 0) is 11.2 Å². The van der Waals surface area contributed by atoms with Crippen molar-refractivity contribution < 1.29 is 9.53 Å². The summed E-state index contributed by atoms with van der Waals surface area (Å²) in [5.41, 5.74) is 1.02. The molecule has 0 spiro atoms. The molecule has 7 heteroatoms. The predicted molar refractivity (Wildman–Crippen MR) is 79.8 cm³/mol. The molecule has 1 atom stereocenters. The molecule has 1 N–H and O–H groups in total. The quantitative estimate of drug-likeness (QED) is 0.681. The Balaban J connectivity index is 1.72. The molecule has 5 nitrogen and oxygen atoms in total. The number of para-hydroxylation sites is 1. The summed E-state index contributed by atoms with van der Waals surface area (Å²) < 4.78 is 5.60. The highest BCUT2D eigenvalue weighted by atomic mass is 35.5. The minimum atomic E-state index is -0.285. The Morgan fingerprint density at radius 1 is 1.29 bits per heavy atom. The number of benzene rings is 1. The zero-order valence-electron chi connectivity index (χ0n) is 10.8. The third kappa shape index (κ3) is 3.25. The molecule has 0 fully saturated rings. The second-order valence-corrected chi connectivity index (χ2v) is 5.38. The third-order valence-electron chi connectivity index (χ3n) is 3.17. The van der Waals surface area contributed by atoms with Gasteiger partial charge in [0.15, 0.2) is 0 Å². The van der Waals surface area contributed by atoms with E-state index in [2.05, 4.69) is 15.3 Å². The van der Waals surface area contributed by atoms with Crippen molar-refractivity contribution in [2.45, 2.75) is 6.42 Å². The molecule has 1 aromatic heterocycles. The van der Waals surface area contributed by atoms with Crippen LogP contribution in [0, 0.1) is 5.92 Å². The summed E-state index contributed by atoms with van der Waals surface area (Å²) in [6.45, 7) is 0.329. The highest BCUT2D eigenvalue weighted by Gasteiger charge is 2.26. The largest absolute Gasteiger partial charge is 0.492 e. The van der Waals surface area contributed by atoms with Gasteiger partial charge in [0.2, 0.25) is 11.2 Å². The van der Waals surface area contributed by atoms with Crippen molar-refractivity contribution in [3.8, 4) is 5.75 Å². The summed E-state index contributed by atoms with van der Waals surface area (Å²) in [6, 6.07) is 9.13. The van der Waals surface area contributed by atoms with E-state index in [9.17, 15) is 4.79 Å². The molecule has 0 bridgehead atoms. The summed E-state index contributed by atoms with van der Waals surface area (Å²) in [5, 5.41) is 2.85.